The molecule has 5 heteroatoms. The number of aliphatic imine (C=N–C) groups is 1. The lowest BCUT2D eigenvalue weighted by Crippen LogP contribution is -2.50. The van der Waals surface area contributed by atoms with Crippen LogP contribution in [0.4, 0.5) is 10.1 Å². The SMILES string of the molecule is C\C=C/C(N/C(C)=C(C)/C(=C\C(=C\CC)c1ccc2c(c1)N(C1CC(CCC)C1)C(=O)C2(CCC)CCC)N=CCCC)=C(F)\C=C\CC. The third-order valence-corrected chi connectivity index (χ3v) is 10.1. The Hall–Kier alpha value is -3.47. The van der Waals surface area contributed by atoms with E-state index in [0.29, 0.717) is 11.6 Å². The van der Waals surface area contributed by atoms with Crippen molar-refractivity contribution < 1.29 is 9.18 Å². The Balaban J connectivity index is 2.16. The second-order valence-corrected chi connectivity index (χ2v) is 13.9. The predicted octanol–water partition coefficient (Wildman–Crippen LogP) is 12.6. The number of amides is 1. The van der Waals surface area contributed by atoms with Crippen molar-refractivity contribution in [1.29, 1.82) is 0 Å². The topological polar surface area (TPSA) is 44.7 Å². The van der Waals surface area contributed by atoms with Crippen LogP contribution >= 0.6 is 0 Å². The van der Waals surface area contributed by atoms with Crippen LogP contribution in [-0.2, 0) is 10.2 Å². The van der Waals surface area contributed by atoms with Crippen LogP contribution in [0.3, 0.4) is 0 Å². The lowest BCUT2D eigenvalue weighted by atomic mass is 9.73. The van der Waals surface area contributed by atoms with E-state index in [4.69, 9.17) is 4.99 Å². The molecule has 2 aliphatic rings. The van der Waals surface area contributed by atoms with Crippen molar-refractivity contribution >= 4 is 23.4 Å². The van der Waals surface area contributed by atoms with Crippen LogP contribution in [0, 0.1) is 5.92 Å². The summed E-state index contributed by atoms with van der Waals surface area (Å²) in [6.45, 7) is 18.9. The van der Waals surface area contributed by atoms with Gasteiger partial charge in [-0.25, -0.2) is 4.39 Å². The van der Waals surface area contributed by atoms with Gasteiger partial charge in [0.1, 0.15) is 5.83 Å². The number of nitrogens with zero attached hydrogens (tertiary/aromatic N) is 2. The summed E-state index contributed by atoms with van der Waals surface area (Å²) in [5.41, 5.74) is 7.11. The zero-order chi connectivity index (χ0) is 36.0. The molecule has 0 radical (unpaired) electrons. The highest BCUT2D eigenvalue weighted by atomic mass is 19.1. The fourth-order valence-electron chi connectivity index (χ4n) is 7.46. The van der Waals surface area contributed by atoms with Gasteiger partial charge in [-0.15, -0.1) is 0 Å². The Morgan fingerprint density at radius 2 is 1.71 bits per heavy atom. The molecule has 0 bridgehead atoms. The standard InChI is InChI=1S/C44H64FN3O/c1-10-17-22-39(45)40(21-14-5)47-33(9)32(8)41(46-27-18-11-2)30-35(20-13-4)36-23-24-38-42(31-36)48(37-28-34(29-37)19-12-3)43(49)44(38,25-15-6)26-16-7/h14,17,20-24,27,30-31,34,37,47H,10-13,15-16,18-19,25-26,28-29H2,1-9H3/b21-14-,22-17+,33-32+,35-20-,40-39-,41-30+,46-27?. The number of nitrogens with one attached hydrogen (secondary N) is 1. The predicted molar refractivity (Wildman–Crippen MR) is 210 cm³/mol. The first-order chi connectivity index (χ1) is 23.7. The minimum absolute atomic E-state index is 0.280. The van der Waals surface area contributed by atoms with Crippen LogP contribution in [0.25, 0.3) is 5.57 Å². The maximum absolute atomic E-state index is 15.1. The molecule has 1 saturated carbocycles. The lowest BCUT2D eigenvalue weighted by molar-refractivity contribution is -0.124. The Morgan fingerprint density at radius 3 is 2.31 bits per heavy atom. The molecular formula is C44H64FN3O. The zero-order valence-electron chi connectivity index (χ0n) is 32.1. The summed E-state index contributed by atoms with van der Waals surface area (Å²) in [5.74, 6) is 0.733. The highest BCUT2D eigenvalue weighted by Gasteiger charge is 2.53. The Morgan fingerprint density at radius 1 is 1.00 bits per heavy atom. The molecule has 0 spiro atoms. The summed E-state index contributed by atoms with van der Waals surface area (Å²) >= 11 is 0. The van der Waals surface area contributed by atoms with E-state index in [9.17, 15) is 4.79 Å². The minimum Gasteiger partial charge on any atom is -0.356 e. The first kappa shape index (κ1) is 40.0. The highest BCUT2D eigenvalue weighted by Crippen LogP contribution is 2.52. The van der Waals surface area contributed by atoms with E-state index >= 15 is 4.39 Å². The first-order valence-corrected chi connectivity index (χ1v) is 19.2. The van der Waals surface area contributed by atoms with E-state index in [2.05, 4.69) is 75.2 Å². The number of rotatable bonds is 19. The average molecular weight is 670 g/mol. The van der Waals surface area contributed by atoms with Gasteiger partial charge in [-0.1, -0.05) is 104 Å². The van der Waals surface area contributed by atoms with Crippen LogP contribution in [0.2, 0.25) is 0 Å². The molecule has 1 N–H and O–H groups in total. The Bertz CT molecular complexity index is 1470. The minimum atomic E-state index is -0.435. The zero-order valence-corrected chi connectivity index (χ0v) is 32.1. The van der Waals surface area contributed by atoms with Gasteiger partial charge in [0.05, 0.1) is 16.8 Å². The van der Waals surface area contributed by atoms with Gasteiger partial charge in [-0.3, -0.25) is 9.79 Å². The molecule has 3 rings (SSSR count). The monoisotopic (exact) mass is 670 g/mol. The third-order valence-electron chi connectivity index (χ3n) is 10.1. The fraction of sp³-hybridized carbons (Fsp3) is 0.545. The van der Waals surface area contributed by atoms with Crippen LogP contribution in [-0.4, -0.2) is 18.2 Å². The van der Waals surface area contributed by atoms with E-state index in [1.54, 1.807) is 6.08 Å². The van der Waals surface area contributed by atoms with Gasteiger partial charge in [0.25, 0.3) is 0 Å². The summed E-state index contributed by atoms with van der Waals surface area (Å²) in [7, 11) is 0. The van der Waals surface area contributed by atoms with E-state index in [-0.39, 0.29) is 11.9 Å². The molecule has 1 aliphatic carbocycles. The quantitative estimate of drug-likeness (QED) is 0.118. The molecule has 1 aliphatic heterocycles. The van der Waals surface area contributed by atoms with Crippen LogP contribution in [0.1, 0.15) is 150 Å². The molecule has 0 aromatic heterocycles. The molecule has 1 aromatic carbocycles. The molecule has 1 amide bonds. The number of benzene rings is 1. The van der Waals surface area contributed by atoms with Gasteiger partial charge in [0.15, 0.2) is 0 Å². The molecule has 0 atom stereocenters. The molecule has 268 valence electrons. The van der Waals surface area contributed by atoms with E-state index in [0.717, 1.165) is 104 Å². The molecule has 49 heavy (non-hydrogen) atoms. The molecule has 1 heterocycles. The fourth-order valence-corrected chi connectivity index (χ4v) is 7.46. The largest absolute Gasteiger partial charge is 0.356 e. The Kier molecular flexibility index (Phi) is 16.0. The first-order valence-electron chi connectivity index (χ1n) is 19.2. The van der Waals surface area contributed by atoms with E-state index in [1.165, 1.54) is 24.5 Å². The van der Waals surface area contributed by atoms with Gasteiger partial charge in [0, 0.05) is 23.6 Å². The van der Waals surface area contributed by atoms with Gasteiger partial charge < -0.3 is 10.2 Å². The summed E-state index contributed by atoms with van der Waals surface area (Å²) in [5, 5.41) is 3.33. The summed E-state index contributed by atoms with van der Waals surface area (Å²) in [6.07, 6.45) is 25.2. The second-order valence-electron chi connectivity index (χ2n) is 13.9. The smallest absolute Gasteiger partial charge is 0.237 e. The number of carbonyl (C=O) groups is 1. The highest BCUT2D eigenvalue weighted by molar-refractivity contribution is 6.09. The van der Waals surface area contributed by atoms with Crippen molar-refractivity contribution in [3.05, 3.63) is 94.3 Å². The van der Waals surface area contributed by atoms with Crippen LogP contribution in [0.15, 0.2) is 88.1 Å². The van der Waals surface area contributed by atoms with E-state index < -0.39 is 5.41 Å². The molecule has 0 saturated heterocycles. The van der Waals surface area contributed by atoms with Crippen molar-refractivity contribution in [1.82, 2.24) is 5.32 Å². The van der Waals surface area contributed by atoms with Gasteiger partial charge in [-0.05, 0) is 118 Å². The number of unbranched alkanes of at least 4 members (excludes halogenated alkanes) is 1. The number of halogens is 1. The summed E-state index contributed by atoms with van der Waals surface area (Å²) in [6, 6.07) is 7.03. The van der Waals surface area contributed by atoms with Gasteiger partial charge >= 0.3 is 0 Å². The summed E-state index contributed by atoms with van der Waals surface area (Å²) in [4.78, 5) is 21.7. The number of allylic oxidation sites excluding steroid dienone is 10. The van der Waals surface area contributed by atoms with Gasteiger partial charge in [0.2, 0.25) is 5.91 Å². The number of fused-ring (bicyclic) bond motifs is 1. The summed E-state index contributed by atoms with van der Waals surface area (Å²) < 4.78 is 15.1. The lowest BCUT2D eigenvalue weighted by Gasteiger charge is -2.42. The maximum atomic E-state index is 15.1. The van der Waals surface area contributed by atoms with Crippen molar-refractivity contribution in [2.24, 2.45) is 10.9 Å². The second kappa shape index (κ2) is 19.6. The molecule has 0 unspecified atom stereocenters. The number of hydrogen-bond acceptors (Lipinski definition) is 3. The number of hydrogen-bond donors (Lipinski definition) is 1. The van der Waals surface area contributed by atoms with Crippen molar-refractivity contribution in [3.63, 3.8) is 0 Å². The number of anilines is 1. The van der Waals surface area contributed by atoms with Gasteiger partial charge in [-0.2, -0.15) is 0 Å². The number of carbonyl (C=O) groups excluding carboxylic acids is 1. The molecular weight excluding hydrogens is 606 g/mol. The Labute approximate surface area is 298 Å². The van der Waals surface area contributed by atoms with Crippen molar-refractivity contribution in [3.8, 4) is 0 Å². The maximum Gasteiger partial charge on any atom is 0.237 e. The normalized spacial score (nSPS) is 20.7. The molecule has 1 fully saturated rings. The van der Waals surface area contributed by atoms with Crippen molar-refractivity contribution in [2.45, 2.75) is 151 Å². The average Bonchev–Trinajstić information content (AvgIpc) is 3.29. The van der Waals surface area contributed by atoms with E-state index in [1.807, 2.05) is 46.1 Å². The molecule has 1 aromatic rings. The van der Waals surface area contributed by atoms with Crippen molar-refractivity contribution in [2.75, 3.05) is 4.90 Å². The third kappa shape index (κ3) is 9.61. The van der Waals surface area contributed by atoms with Crippen LogP contribution in [0.5, 0.6) is 0 Å². The molecule has 4 nitrogen and oxygen atoms in total. The van der Waals surface area contributed by atoms with Crippen LogP contribution < -0.4 is 10.2 Å².